The van der Waals surface area contributed by atoms with Crippen LogP contribution in [0.3, 0.4) is 0 Å². The molecular formula is C10H9Cl4NO. The number of amides is 1. The second-order valence-electron chi connectivity index (χ2n) is 3.25. The van der Waals surface area contributed by atoms with Gasteiger partial charge >= 0.3 is 0 Å². The molecule has 1 N–H and O–H groups in total. The van der Waals surface area contributed by atoms with Crippen molar-refractivity contribution in [3.8, 4) is 0 Å². The van der Waals surface area contributed by atoms with Crippen LogP contribution in [0.25, 0.3) is 0 Å². The third-order valence-corrected chi connectivity index (χ3v) is 3.25. The van der Waals surface area contributed by atoms with E-state index in [9.17, 15) is 4.79 Å². The molecule has 6 heteroatoms. The van der Waals surface area contributed by atoms with Crippen molar-refractivity contribution in [2.75, 3.05) is 0 Å². The lowest BCUT2D eigenvalue weighted by Crippen LogP contribution is -2.39. The Hall–Kier alpha value is -0.150. The summed E-state index contributed by atoms with van der Waals surface area (Å²) < 4.78 is -1.74. The van der Waals surface area contributed by atoms with Crippen LogP contribution in [-0.2, 0) is 0 Å². The minimum absolute atomic E-state index is 0.380. The summed E-state index contributed by atoms with van der Waals surface area (Å²) in [6, 6.07) is 7.02. The zero-order valence-corrected chi connectivity index (χ0v) is 11.3. The monoisotopic (exact) mass is 299 g/mol. The highest BCUT2D eigenvalue weighted by Gasteiger charge is 2.32. The normalized spacial score (nSPS) is 13.3. The first kappa shape index (κ1) is 13.9. The largest absolute Gasteiger partial charge is 0.332 e. The molecule has 1 aromatic rings. The Morgan fingerprint density at radius 1 is 1.38 bits per heavy atom. The Labute approximate surface area is 114 Å². The fourth-order valence-corrected chi connectivity index (χ4v) is 1.33. The van der Waals surface area contributed by atoms with E-state index in [4.69, 9.17) is 46.4 Å². The number of halogens is 4. The number of hydrogen-bond donors (Lipinski definition) is 1. The number of alkyl halides is 4. The first-order valence-corrected chi connectivity index (χ1v) is 5.96. The standard InChI is InChI=1S/C10H9Cl4NO/c1-6-3-2-4-7(5-6)8(16)15-9(11)10(12,13)14/h2-5,9H,1H3,(H,15,16)/t9-/m1/s1. The molecule has 0 unspecified atom stereocenters. The summed E-state index contributed by atoms with van der Waals surface area (Å²) in [7, 11) is 0. The van der Waals surface area contributed by atoms with E-state index < -0.39 is 9.29 Å². The average molecular weight is 301 g/mol. The number of benzene rings is 1. The number of aryl methyl sites for hydroxylation is 1. The molecule has 1 aromatic carbocycles. The summed E-state index contributed by atoms with van der Waals surface area (Å²) in [5.74, 6) is -0.380. The van der Waals surface area contributed by atoms with Crippen LogP contribution in [0.4, 0.5) is 0 Å². The molecule has 0 radical (unpaired) electrons. The van der Waals surface area contributed by atoms with Gasteiger partial charge in [-0.1, -0.05) is 64.1 Å². The van der Waals surface area contributed by atoms with Crippen molar-refractivity contribution in [2.24, 2.45) is 0 Å². The van der Waals surface area contributed by atoms with Crippen LogP contribution in [0, 0.1) is 6.92 Å². The average Bonchev–Trinajstić information content (AvgIpc) is 2.16. The number of hydrogen-bond acceptors (Lipinski definition) is 1. The van der Waals surface area contributed by atoms with Crippen molar-refractivity contribution < 1.29 is 4.79 Å². The molecule has 0 aliphatic heterocycles. The molecule has 0 aliphatic carbocycles. The number of carbonyl (C=O) groups is 1. The van der Waals surface area contributed by atoms with Crippen molar-refractivity contribution >= 4 is 52.3 Å². The predicted octanol–water partition coefficient (Wildman–Crippen LogP) is 3.66. The summed E-state index contributed by atoms with van der Waals surface area (Å²) in [5.41, 5.74) is 0.359. The molecule has 16 heavy (non-hydrogen) atoms. The van der Waals surface area contributed by atoms with Gasteiger partial charge in [0.2, 0.25) is 3.79 Å². The maximum Gasteiger partial charge on any atom is 0.252 e. The Balaban J connectivity index is 2.74. The van der Waals surface area contributed by atoms with Gasteiger partial charge in [0.05, 0.1) is 0 Å². The molecule has 0 bridgehead atoms. The molecule has 1 amide bonds. The molecule has 0 fully saturated rings. The number of rotatable bonds is 2. The lowest BCUT2D eigenvalue weighted by molar-refractivity contribution is 0.0949. The van der Waals surface area contributed by atoms with E-state index in [1.807, 2.05) is 13.0 Å². The summed E-state index contributed by atoms with van der Waals surface area (Å²) in [5, 5.41) is 2.39. The molecule has 88 valence electrons. The first-order chi connectivity index (χ1) is 7.30. The molecule has 0 saturated carbocycles. The van der Waals surface area contributed by atoms with E-state index in [1.54, 1.807) is 18.2 Å². The lowest BCUT2D eigenvalue weighted by Gasteiger charge is -2.19. The van der Waals surface area contributed by atoms with E-state index in [0.29, 0.717) is 5.56 Å². The first-order valence-electron chi connectivity index (χ1n) is 4.39. The van der Waals surface area contributed by atoms with Crippen molar-refractivity contribution in [2.45, 2.75) is 16.2 Å². The minimum Gasteiger partial charge on any atom is -0.332 e. The van der Waals surface area contributed by atoms with Gasteiger partial charge < -0.3 is 5.32 Å². The van der Waals surface area contributed by atoms with Gasteiger partial charge in [0.15, 0.2) is 5.50 Å². The third-order valence-electron chi connectivity index (χ3n) is 1.83. The van der Waals surface area contributed by atoms with E-state index >= 15 is 0 Å². The zero-order chi connectivity index (χ0) is 12.3. The Bertz CT molecular complexity index is 389. The van der Waals surface area contributed by atoms with Crippen LogP contribution in [0.15, 0.2) is 24.3 Å². The zero-order valence-electron chi connectivity index (χ0n) is 8.31. The molecule has 0 heterocycles. The van der Waals surface area contributed by atoms with Crippen LogP contribution in [0.1, 0.15) is 15.9 Å². The molecule has 0 saturated heterocycles. The second-order valence-corrected chi connectivity index (χ2v) is 6.05. The quantitative estimate of drug-likeness (QED) is 0.655. The molecule has 0 aromatic heterocycles. The number of nitrogens with one attached hydrogen (secondary N) is 1. The van der Waals surface area contributed by atoms with Crippen molar-refractivity contribution in [1.29, 1.82) is 0 Å². The van der Waals surface area contributed by atoms with Crippen molar-refractivity contribution in [1.82, 2.24) is 5.32 Å². The molecule has 0 spiro atoms. The van der Waals surface area contributed by atoms with Crippen molar-refractivity contribution in [3.05, 3.63) is 35.4 Å². The maximum absolute atomic E-state index is 11.7. The highest BCUT2D eigenvalue weighted by molar-refractivity contribution is 6.70. The van der Waals surface area contributed by atoms with E-state index in [2.05, 4.69) is 5.32 Å². The van der Waals surface area contributed by atoms with Crippen LogP contribution in [-0.4, -0.2) is 15.2 Å². The highest BCUT2D eigenvalue weighted by Crippen LogP contribution is 2.32. The fraction of sp³-hybridized carbons (Fsp3) is 0.300. The van der Waals surface area contributed by atoms with Gasteiger partial charge in [-0.2, -0.15) is 0 Å². The van der Waals surface area contributed by atoms with Crippen LogP contribution >= 0.6 is 46.4 Å². The van der Waals surface area contributed by atoms with Gasteiger partial charge in [-0.3, -0.25) is 4.79 Å². The van der Waals surface area contributed by atoms with Gasteiger partial charge in [-0.25, -0.2) is 0 Å². The SMILES string of the molecule is Cc1cccc(C(=O)N[C@@H](Cl)C(Cl)(Cl)Cl)c1. The molecule has 2 nitrogen and oxygen atoms in total. The smallest absolute Gasteiger partial charge is 0.252 e. The van der Waals surface area contributed by atoms with Gasteiger partial charge in [0, 0.05) is 5.56 Å². The minimum atomic E-state index is -1.74. The van der Waals surface area contributed by atoms with Crippen LogP contribution < -0.4 is 5.32 Å². The fourth-order valence-electron chi connectivity index (χ4n) is 1.07. The van der Waals surface area contributed by atoms with E-state index in [-0.39, 0.29) is 5.91 Å². The van der Waals surface area contributed by atoms with E-state index in [0.717, 1.165) is 5.56 Å². The summed E-state index contributed by atoms with van der Waals surface area (Å²) >= 11 is 22.3. The molecule has 1 rings (SSSR count). The topological polar surface area (TPSA) is 29.1 Å². The van der Waals surface area contributed by atoms with Crippen LogP contribution in [0.2, 0.25) is 0 Å². The second kappa shape index (κ2) is 5.46. The van der Waals surface area contributed by atoms with Gasteiger partial charge in [0.25, 0.3) is 5.91 Å². The van der Waals surface area contributed by atoms with E-state index in [1.165, 1.54) is 0 Å². The van der Waals surface area contributed by atoms with Gasteiger partial charge in [-0.15, -0.1) is 0 Å². The Kier molecular flexibility index (Phi) is 4.74. The summed E-state index contributed by atoms with van der Waals surface area (Å²) in [6.45, 7) is 1.88. The number of carbonyl (C=O) groups excluding carboxylic acids is 1. The van der Waals surface area contributed by atoms with Gasteiger partial charge in [0.1, 0.15) is 0 Å². The molecule has 1 atom stereocenters. The van der Waals surface area contributed by atoms with Crippen molar-refractivity contribution in [3.63, 3.8) is 0 Å². The lowest BCUT2D eigenvalue weighted by atomic mass is 10.1. The molecular weight excluding hydrogens is 292 g/mol. The summed E-state index contributed by atoms with van der Waals surface area (Å²) in [6.07, 6.45) is 0. The Morgan fingerprint density at radius 3 is 2.50 bits per heavy atom. The highest BCUT2D eigenvalue weighted by atomic mass is 35.6. The summed E-state index contributed by atoms with van der Waals surface area (Å²) in [4.78, 5) is 11.7. The maximum atomic E-state index is 11.7. The van der Waals surface area contributed by atoms with Crippen LogP contribution in [0.5, 0.6) is 0 Å². The van der Waals surface area contributed by atoms with Gasteiger partial charge in [-0.05, 0) is 19.1 Å². The molecule has 0 aliphatic rings. The Morgan fingerprint density at radius 2 is 2.00 bits per heavy atom. The third kappa shape index (κ3) is 4.02. The predicted molar refractivity (Wildman–Crippen MR) is 68.6 cm³/mol.